The summed E-state index contributed by atoms with van der Waals surface area (Å²) in [5.74, 6) is 5.25. The molecule has 0 radical (unpaired) electrons. The number of phenols is 1. The van der Waals surface area contributed by atoms with E-state index in [1.165, 1.54) is 38.5 Å². The van der Waals surface area contributed by atoms with Gasteiger partial charge in [-0.15, -0.1) is 0 Å². The van der Waals surface area contributed by atoms with Crippen LogP contribution >= 0.6 is 0 Å². The summed E-state index contributed by atoms with van der Waals surface area (Å²) >= 11 is 0. The average molecular weight is 565 g/mol. The highest BCUT2D eigenvalue weighted by molar-refractivity contribution is 5.98. The normalized spacial score (nSPS) is 37.3. The maximum absolute atomic E-state index is 13.6. The number of amides is 2. The van der Waals surface area contributed by atoms with Gasteiger partial charge in [0.1, 0.15) is 11.6 Å². The number of anilines is 2. The Balaban J connectivity index is 0.947. The Kier molecular flexibility index (Phi) is 5.30. The zero-order valence-electron chi connectivity index (χ0n) is 24.1. The molecule has 4 N–H and O–H groups in total. The minimum Gasteiger partial charge on any atom is -0.507 e. The van der Waals surface area contributed by atoms with Crippen LogP contribution in [0.1, 0.15) is 77.0 Å². The van der Waals surface area contributed by atoms with Crippen molar-refractivity contribution in [3.05, 3.63) is 36.4 Å². The fourth-order valence-corrected chi connectivity index (χ4v) is 11.3. The topological polar surface area (TPSA) is 107 Å². The number of carbonyl (C=O) groups is 2. The smallest absolute Gasteiger partial charge is 0.230 e. The SMILES string of the molecule is O=C(Nc1ccc(O)c(-c2nc3ccc(NC(=O)C45CC6CC(CC(C6)C4)C5)cc3[nH]2)c1)C12CC3CC(CC(C3)C1)C2. The number of aromatic hydroxyl groups is 1. The summed E-state index contributed by atoms with van der Waals surface area (Å²) in [5, 5.41) is 17.2. The number of nitrogens with one attached hydrogen (secondary N) is 3. The monoisotopic (exact) mass is 564 g/mol. The first-order valence-corrected chi connectivity index (χ1v) is 16.3. The van der Waals surface area contributed by atoms with E-state index in [0.717, 1.165) is 73.0 Å². The molecular weight excluding hydrogens is 524 g/mol. The number of hydrogen-bond donors (Lipinski definition) is 4. The van der Waals surface area contributed by atoms with Crippen LogP contribution in [0, 0.1) is 46.3 Å². The molecule has 1 heterocycles. The zero-order valence-corrected chi connectivity index (χ0v) is 24.1. The number of benzene rings is 2. The second kappa shape index (κ2) is 8.84. The van der Waals surface area contributed by atoms with E-state index in [-0.39, 0.29) is 28.4 Å². The van der Waals surface area contributed by atoms with E-state index in [1.807, 2.05) is 24.3 Å². The summed E-state index contributed by atoms with van der Waals surface area (Å²) in [6.07, 6.45) is 14.0. The number of phenolic OH excluding ortho intramolecular Hbond substituents is 1. The van der Waals surface area contributed by atoms with Crippen LogP contribution < -0.4 is 10.6 Å². The highest BCUT2D eigenvalue weighted by Crippen LogP contribution is 2.61. The molecule has 0 unspecified atom stereocenters. The molecule has 8 fully saturated rings. The van der Waals surface area contributed by atoms with Gasteiger partial charge in [0.25, 0.3) is 0 Å². The number of hydrogen-bond acceptors (Lipinski definition) is 4. The molecule has 0 saturated heterocycles. The highest BCUT2D eigenvalue weighted by atomic mass is 16.3. The van der Waals surface area contributed by atoms with E-state index in [2.05, 4.69) is 15.6 Å². The maximum Gasteiger partial charge on any atom is 0.230 e. The lowest BCUT2D eigenvalue weighted by Crippen LogP contribution is -2.51. The summed E-state index contributed by atoms with van der Waals surface area (Å²) in [6.45, 7) is 0. The fourth-order valence-electron chi connectivity index (χ4n) is 11.3. The standard InChI is InChI=1S/C35H40N4O3/c40-30-4-2-25(36-32(41)34-13-19-5-20(14-34)7-21(6-19)15-34)11-27(30)31-38-28-3-1-26(12-29(28)39-31)37-33(42)35-16-22-8-23(17-35)10-24(9-22)18-35/h1-4,11-12,19-24,40H,5-10,13-18H2,(H,36,41)(H,37,42)(H,38,39). The van der Waals surface area contributed by atoms with E-state index < -0.39 is 0 Å². The molecule has 7 heteroatoms. The van der Waals surface area contributed by atoms with Gasteiger partial charge in [-0.05, 0) is 149 Å². The molecule has 11 rings (SSSR count). The van der Waals surface area contributed by atoms with E-state index in [0.29, 0.717) is 34.8 Å². The predicted octanol–water partition coefficient (Wildman–Crippen LogP) is 7.25. The number of H-pyrrole nitrogens is 1. The fraction of sp³-hybridized carbons (Fsp3) is 0.571. The molecule has 0 atom stereocenters. The Morgan fingerprint density at radius 1 is 0.690 bits per heavy atom. The van der Waals surface area contributed by atoms with Crippen LogP contribution in [0.3, 0.4) is 0 Å². The van der Waals surface area contributed by atoms with Crippen molar-refractivity contribution in [1.82, 2.24) is 9.97 Å². The van der Waals surface area contributed by atoms with Crippen molar-refractivity contribution in [2.75, 3.05) is 10.6 Å². The number of imidazole rings is 1. The molecule has 0 spiro atoms. The quantitative estimate of drug-likeness (QED) is 0.245. The molecule has 0 aliphatic heterocycles. The second-order valence-electron chi connectivity index (χ2n) is 15.4. The summed E-state index contributed by atoms with van der Waals surface area (Å²) in [7, 11) is 0. The first-order chi connectivity index (χ1) is 20.3. The summed E-state index contributed by atoms with van der Waals surface area (Å²) in [4.78, 5) is 35.3. The second-order valence-corrected chi connectivity index (χ2v) is 15.4. The average Bonchev–Trinajstić information content (AvgIpc) is 3.36. The van der Waals surface area contributed by atoms with Gasteiger partial charge < -0.3 is 20.7 Å². The van der Waals surface area contributed by atoms with Gasteiger partial charge in [-0.1, -0.05) is 0 Å². The van der Waals surface area contributed by atoms with Crippen molar-refractivity contribution in [2.45, 2.75) is 77.0 Å². The van der Waals surface area contributed by atoms with Gasteiger partial charge in [-0.3, -0.25) is 9.59 Å². The molecule has 8 aliphatic carbocycles. The van der Waals surface area contributed by atoms with Crippen molar-refractivity contribution in [3.63, 3.8) is 0 Å². The molecule has 2 aromatic carbocycles. The Labute approximate surface area is 246 Å². The minimum absolute atomic E-state index is 0.109. The number of aromatic nitrogens is 2. The maximum atomic E-state index is 13.6. The number of fused-ring (bicyclic) bond motifs is 1. The Morgan fingerprint density at radius 3 is 1.64 bits per heavy atom. The van der Waals surface area contributed by atoms with Crippen LogP contribution in [0.4, 0.5) is 11.4 Å². The van der Waals surface area contributed by atoms with Gasteiger partial charge in [0.2, 0.25) is 11.8 Å². The minimum atomic E-state index is -0.233. The summed E-state index contributed by atoms with van der Waals surface area (Å²) < 4.78 is 0. The van der Waals surface area contributed by atoms with Crippen LogP contribution in [0.2, 0.25) is 0 Å². The highest BCUT2D eigenvalue weighted by Gasteiger charge is 2.55. The Hall–Kier alpha value is -3.35. The largest absolute Gasteiger partial charge is 0.507 e. The van der Waals surface area contributed by atoms with Crippen molar-refractivity contribution in [3.8, 4) is 17.1 Å². The molecule has 8 aliphatic rings. The first kappa shape index (κ1) is 25.2. The zero-order chi connectivity index (χ0) is 28.2. The van der Waals surface area contributed by atoms with Crippen LogP contribution in [-0.4, -0.2) is 26.9 Å². The molecule has 42 heavy (non-hydrogen) atoms. The lowest BCUT2D eigenvalue weighted by Gasteiger charge is -2.55. The summed E-state index contributed by atoms with van der Waals surface area (Å²) in [6, 6.07) is 11.0. The third kappa shape index (κ3) is 3.95. The van der Waals surface area contributed by atoms with Gasteiger partial charge >= 0.3 is 0 Å². The molecule has 8 bridgehead atoms. The lowest BCUT2D eigenvalue weighted by atomic mass is 9.49. The number of aromatic amines is 1. The van der Waals surface area contributed by atoms with Gasteiger partial charge in [0.15, 0.2) is 0 Å². The number of rotatable bonds is 5. The third-order valence-corrected chi connectivity index (χ3v) is 12.3. The predicted molar refractivity (Wildman–Crippen MR) is 162 cm³/mol. The lowest BCUT2D eigenvalue weighted by molar-refractivity contribution is -0.141. The van der Waals surface area contributed by atoms with Gasteiger partial charge in [0.05, 0.1) is 27.4 Å². The van der Waals surface area contributed by atoms with Crippen molar-refractivity contribution in [1.29, 1.82) is 0 Å². The van der Waals surface area contributed by atoms with E-state index in [1.54, 1.807) is 12.1 Å². The van der Waals surface area contributed by atoms with Crippen LogP contribution in [-0.2, 0) is 9.59 Å². The third-order valence-electron chi connectivity index (χ3n) is 12.3. The van der Waals surface area contributed by atoms with Crippen molar-refractivity contribution < 1.29 is 14.7 Å². The van der Waals surface area contributed by atoms with Gasteiger partial charge in [0, 0.05) is 11.4 Å². The van der Waals surface area contributed by atoms with Crippen molar-refractivity contribution >= 4 is 34.2 Å². The Bertz CT molecular complexity index is 1550. The summed E-state index contributed by atoms with van der Waals surface area (Å²) in [5.41, 5.74) is 3.15. The van der Waals surface area contributed by atoms with Crippen LogP contribution in [0.25, 0.3) is 22.4 Å². The molecule has 1 aromatic heterocycles. The Morgan fingerprint density at radius 2 is 1.14 bits per heavy atom. The van der Waals surface area contributed by atoms with Crippen molar-refractivity contribution in [2.24, 2.45) is 46.3 Å². The first-order valence-electron chi connectivity index (χ1n) is 16.3. The molecule has 8 saturated carbocycles. The number of nitrogens with zero attached hydrogens (tertiary/aromatic N) is 1. The molecule has 218 valence electrons. The molecular formula is C35H40N4O3. The van der Waals surface area contributed by atoms with E-state index >= 15 is 0 Å². The van der Waals surface area contributed by atoms with Gasteiger partial charge in [-0.2, -0.15) is 0 Å². The number of carbonyl (C=O) groups excluding carboxylic acids is 2. The van der Waals surface area contributed by atoms with Gasteiger partial charge in [-0.25, -0.2) is 4.98 Å². The van der Waals surface area contributed by atoms with Crippen LogP contribution in [0.15, 0.2) is 36.4 Å². The molecule has 3 aromatic rings. The van der Waals surface area contributed by atoms with E-state index in [4.69, 9.17) is 4.98 Å². The molecule has 2 amide bonds. The van der Waals surface area contributed by atoms with E-state index in [9.17, 15) is 14.7 Å². The van der Waals surface area contributed by atoms with Crippen LogP contribution in [0.5, 0.6) is 5.75 Å². The molecule has 7 nitrogen and oxygen atoms in total.